The van der Waals surface area contributed by atoms with Gasteiger partial charge in [-0.25, -0.2) is 4.57 Å². The number of nitrogens with one attached hydrogen (secondary N) is 2. The standard InChI is InChI=1S/C41H44N4O2/c1-32(2)38-10-5-7-12-40(38)43-24-15-35(21-31-47)34(20-30-46)14-23-42-22-9-25-44-26-16-36(17-27-44)37-18-28-45(29-19-37)41-13-8-6-11-39(41)33(3)4/h5-8,10-21,23-24,26-33H,9,22,25H2,1-4H3/p+2. The predicted octanol–water partition coefficient (Wildman–Crippen LogP) is 7.53. The van der Waals surface area contributed by atoms with Crippen LogP contribution >= 0.6 is 0 Å². The molecule has 2 aromatic carbocycles. The van der Waals surface area contributed by atoms with E-state index in [4.69, 9.17) is 0 Å². The molecule has 4 rings (SSSR count). The van der Waals surface area contributed by atoms with E-state index >= 15 is 0 Å². The van der Waals surface area contributed by atoms with Crippen LogP contribution < -0.4 is 19.8 Å². The van der Waals surface area contributed by atoms with Gasteiger partial charge in [-0.1, -0.05) is 64.1 Å². The number of benzene rings is 2. The maximum Gasteiger partial charge on any atom is 0.214 e. The minimum atomic E-state index is 0.371. The van der Waals surface area contributed by atoms with E-state index < -0.39 is 0 Å². The lowest BCUT2D eigenvalue weighted by atomic mass is 10.0. The molecule has 6 nitrogen and oxygen atoms in total. The topological polar surface area (TPSA) is 66.0 Å². The number of anilines is 1. The summed E-state index contributed by atoms with van der Waals surface area (Å²) in [5, 5.41) is 6.61. The van der Waals surface area contributed by atoms with Crippen LogP contribution in [0.5, 0.6) is 0 Å². The second kappa shape index (κ2) is 18.0. The van der Waals surface area contributed by atoms with Crippen LogP contribution in [0.15, 0.2) is 145 Å². The highest BCUT2D eigenvalue weighted by atomic mass is 16.1. The number of hydrogen-bond acceptors (Lipinski definition) is 4. The van der Waals surface area contributed by atoms with Crippen molar-refractivity contribution in [3.63, 3.8) is 0 Å². The first-order chi connectivity index (χ1) is 22.9. The summed E-state index contributed by atoms with van der Waals surface area (Å²) in [5.41, 5.74) is 8.37. The van der Waals surface area contributed by atoms with E-state index in [2.05, 4.69) is 127 Å². The molecule has 0 spiro atoms. The zero-order valence-electron chi connectivity index (χ0n) is 27.8. The van der Waals surface area contributed by atoms with Crippen molar-refractivity contribution in [2.45, 2.75) is 52.5 Å². The summed E-state index contributed by atoms with van der Waals surface area (Å²) in [6, 6.07) is 25.3. The van der Waals surface area contributed by atoms with Gasteiger partial charge in [0.1, 0.15) is 19.1 Å². The summed E-state index contributed by atoms with van der Waals surface area (Å²) in [4.78, 5) is 22.7. The lowest BCUT2D eigenvalue weighted by Gasteiger charge is -2.12. The summed E-state index contributed by atoms with van der Waals surface area (Å²) in [5.74, 6) is 0.828. The van der Waals surface area contributed by atoms with Crippen molar-refractivity contribution in [2.24, 2.45) is 0 Å². The Hall–Kier alpha value is -5.36. The van der Waals surface area contributed by atoms with Gasteiger partial charge in [0.2, 0.25) is 5.69 Å². The van der Waals surface area contributed by atoms with E-state index in [1.165, 1.54) is 40.1 Å². The van der Waals surface area contributed by atoms with Crippen molar-refractivity contribution in [2.75, 3.05) is 11.9 Å². The number of allylic oxidation sites excluding steroid dienone is 6. The molecule has 0 fully saturated rings. The molecule has 0 aliphatic carbocycles. The van der Waals surface area contributed by atoms with Crippen molar-refractivity contribution in [3.05, 3.63) is 157 Å². The van der Waals surface area contributed by atoms with Gasteiger partial charge in [-0.15, -0.1) is 0 Å². The Morgan fingerprint density at radius 1 is 0.681 bits per heavy atom. The fraction of sp³-hybridized carbons (Fsp3) is 0.220. The zero-order chi connectivity index (χ0) is 33.4. The third kappa shape index (κ3) is 10.1. The maximum atomic E-state index is 11.4. The molecule has 0 unspecified atom stereocenters. The molecule has 2 aromatic heterocycles. The number of pyridine rings is 2. The van der Waals surface area contributed by atoms with Crippen molar-refractivity contribution in [1.29, 1.82) is 0 Å². The zero-order valence-corrected chi connectivity index (χ0v) is 27.8. The van der Waals surface area contributed by atoms with Crippen LogP contribution in [0, 0.1) is 0 Å². The summed E-state index contributed by atoms with van der Waals surface area (Å²) in [6.07, 6.45) is 21.0. The summed E-state index contributed by atoms with van der Waals surface area (Å²) in [6.45, 7) is 10.4. The third-order valence-electron chi connectivity index (χ3n) is 7.92. The second-order valence-corrected chi connectivity index (χ2v) is 11.9. The number of aromatic nitrogens is 2. The molecular weight excluding hydrogens is 580 g/mol. The number of carbonyl (C=O) groups excluding carboxylic acids is 2. The Labute approximate surface area is 279 Å². The maximum absolute atomic E-state index is 11.4. The van der Waals surface area contributed by atoms with Gasteiger partial charge in [0, 0.05) is 60.7 Å². The largest absolute Gasteiger partial charge is 0.391 e. The Kier molecular flexibility index (Phi) is 13.2. The van der Waals surface area contributed by atoms with Gasteiger partial charge in [0.15, 0.2) is 24.8 Å². The number of rotatable bonds is 16. The van der Waals surface area contributed by atoms with Crippen LogP contribution in [-0.2, 0) is 16.1 Å². The van der Waals surface area contributed by atoms with Gasteiger partial charge in [0.05, 0.1) is 0 Å². The van der Waals surface area contributed by atoms with E-state index in [-0.39, 0.29) is 0 Å². The van der Waals surface area contributed by atoms with Crippen molar-refractivity contribution in [3.8, 4) is 16.8 Å². The molecule has 47 heavy (non-hydrogen) atoms. The quantitative estimate of drug-likeness (QED) is 0.0444. The lowest BCUT2D eigenvalue weighted by molar-refractivity contribution is -0.697. The molecule has 2 N–H and O–H groups in total. The van der Waals surface area contributed by atoms with Crippen LogP contribution in [0.1, 0.15) is 57.1 Å². The number of aryl methyl sites for hydroxylation is 1. The molecule has 0 bridgehead atoms. The fourth-order valence-corrected chi connectivity index (χ4v) is 5.38. The van der Waals surface area contributed by atoms with Gasteiger partial charge < -0.3 is 10.6 Å². The molecular formula is C41H46N4O2+2. The molecule has 0 aliphatic rings. The Balaban J connectivity index is 1.28. The first kappa shape index (κ1) is 34.5. The Bertz CT molecular complexity index is 1730. The van der Waals surface area contributed by atoms with E-state index in [0.29, 0.717) is 23.0 Å². The number of aldehydes is 2. The molecule has 0 atom stereocenters. The van der Waals surface area contributed by atoms with Gasteiger partial charge in [-0.05, 0) is 76.2 Å². The third-order valence-corrected chi connectivity index (χ3v) is 7.92. The molecule has 6 heteroatoms. The second-order valence-electron chi connectivity index (χ2n) is 11.9. The number of carbonyl (C=O) groups is 2. The van der Waals surface area contributed by atoms with E-state index in [9.17, 15) is 9.59 Å². The predicted molar refractivity (Wildman–Crippen MR) is 191 cm³/mol. The van der Waals surface area contributed by atoms with Crippen LogP contribution in [0.2, 0.25) is 0 Å². The van der Waals surface area contributed by atoms with Crippen molar-refractivity contribution >= 4 is 18.3 Å². The molecule has 0 aliphatic heterocycles. The molecule has 0 saturated carbocycles. The molecule has 4 aromatic rings. The molecule has 0 amide bonds. The van der Waals surface area contributed by atoms with Crippen molar-refractivity contribution in [1.82, 2.24) is 5.32 Å². The lowest BCUT2D eigenvalue weighted by Crippen LogP contribution is -2.33. The fourth-order valence-electron chi connectivity index (χ4n) is 5.38. The van der Waals surface area contributed by atoms with E-state index in [1.54, 1.807) is 12.3 Å². The molecule has 0 radical (unpaired) electrons. The molecule has 0 saturated heterocycles. The minimum Gasteiger partial charge on any atom is -0.391 e. The van der Waals surface area contributed by atoms with Crippen LogP contribution in [0.25, 0.3) is 16.8 Å². The van der Waals surface area contributed by atoms with E-state index in [0.717, 1.165) is 37.8 Å². The SMILES string of the molecule is CC(C)c1ccccc1NC=CC(=CC=O)C(C=CNCCC[n+]1ccc(-c2cc[n+](-c3ccccc3C(C)C)cc2)cc1)=CC=O. The first-order valence-electron chi connectivity index (χ1n) is 16.2. The first-order valence-corrected chi connectivity index (χ1v) is 16.2. The van der Waals surface area contributed by atoms with Crippen LogP contribution in [-0.4, -0.2) is 19.1 Å². The van der Waals surface area contributed by atoms with E-state index in [1.807, 2.05) is 30.5 Å². The van der Waals surface area contributed by atoms with Gasteiger partial charge >= 0.3 is 0 Å². The number of hydrogen-bond donors (Lipinski definition) is 2. The van der Waals surface area contributed by atoms with Crippen molar-refractivity contribution < 1.29 is 18.7 Å². The summed E-state index contributed by atoms with van der Waals surface area (Å²) >= 11 is 0. The molecule has 2 heterocycles. The molecule has 240 valence electrons. The van der Waals surface area contributed by atoms with Crippen LogP contribution in [0.4, 0.5) is 5.69 Å². The number of nitrogens with zero attached hydrogens (tertiary/aromatic N) is 2. The monoisotopic (exact) mass is 626 g/mol. The highest BCUT2D eigenvalue weighted by Crippen LogP contribution is 2.24. The Morgan fingerprint density at radius 3 is 1.85 bits per heavy atom. The number of para-hydroxylation sites is 2. The van der Waals surface area contributed by atoms with Gasteiger partial charge in [0.25, 0.3) is 0 Å². The van der Waals surface area contributed by atoms with Gasteiger partial charge in [-0.2, -0.15) is 4.57 Å². The normalized spacial score (nSPS) is 12.3. The smallest absolute Gasteiger partial charge is 0.214 e. The average molecular weight is 627 g/mol. The Morgan fingerprint density at radius 2 is 1.23 bits per heavy atom. The average Bonchev–Trinajstić information content (AvgIpc) is 3.09. The highest BCUT2D eigenvalue weighted by Gasteiger charge is 2.15. The van der Waals surface area contributed by atoms with Gasteiger partial charge in [-0.3, -0.25) is 9.59 Å². The summed E-state index contributed by atoms with van der Waals surface area (Å²) < 4.78 is 4.36. The summed E-state index contributed by atoms with van der Waals surface area (Å²) in [7, 11) is 0. The minimum absolute atomic E-state index is 0.371. The van der Waals surface area contributed by atoms with Crippen LogP contribution in [0.3, 0.4) is 0 Å². The highest BCUT2D eigenvalue weighted by molar-refractivity contribution is 5.75.